The van der Waals surface area contributed by atoms with Crippen LogP contribution in [0.5, 0.6) is 0 Å². The third-order valence-corrected chi connectivity index (χ3v) is 8.71. The van der Waals surface area contributed by atoms with E-state index in [4.69, 9.17) is 51.4 Å². The maximum Gasteiger partial charge on any atom is 0.154 e. The molecular weight excluding hydrogens is 655 g/mol. The first-order chi connectivity index (χ1) is 22.8. The normalized spacial score (nSPS) is 17.9. The molecule has 2 saturated heterocycles. The van der Waals surface area contributed by atoms with Gasteiger partial charge in [0, 0.05) is 52.9 Å². The number of hydrogen-bond donors (Lipinski definition) is 3. The van der Waals surface area contributed by atoms with E-state index in [1.807, 2.05) is 77.4 Å². The minimum Gasteiger partial charge on any atom is -0.354 e. The van der Waals surface area contributed by atoms with Gasteiger partial charge in [0.05, 0.1) is 23.8 Å². The van der Waals surface area contributed by atoms with Crippen LogP contribution in [0.4, 0.5) is 5.82 Å². The number of nitrogens with two attached hydrogens (primary N) is 2. The molecule has 0 spiro atoms. The number of halogens is 3. The Morgan fingerprint density at radius 1 is 0.702 bits per heavy atom. The molecule has 8 rings (SSSR count). The van der Waals surface area contributed by atoms with E-state index in [1.54, 1.807) is 16.8 Å². The molecule has 47 heavy (non-hydrogen) atoms. The number of nitrogens with one attached hydrogen (secondary N) is 1. The number of benzene rings is 2. The summed E-state index contributed by atoms with van der Waals surface area (Å²) in [5.74, 6) is 0.939. The highest BCUT2D eigenvalue weighted by molar-refractivity contribution is 6.31. The molecule has 2 aliphatic heterocycles. The van der Waals surface area contributed by atoms with Crippen molar-refractivity contribution in [2.45, 2.75) is 37.8 Å². The highest BCUT2D eigenvalue weighted by Gasteiger charge is 2.19. The Labute approximate surface area is 288 Å². The molecule has 0 amide bonds. The van der Waals surface area contributed by atoms with Gasteiger partial charge in [-0.15, -0.1) is 5.10 Å². The third-order valence-electron chi connectivity index (χ3n) is 8.04. The molecule has 13 heteroatoms. The lowest BCUT2D eigenvalue weighted by atomic mass is 10.1. The van der Waals surface area contributed by atoms with E-state index < -0.39 is 0 Å². The zero-order valence-corrected chi connectivity index (χ0v) is 28.1. The van der Waals surface area contributed by atoms with Gasteiger partial charge in [0.1, 0.15) is 11.0 Å². The number of piperidine rings is 2. The second-order valence-corrected chi connectivity index (χ2v) is 12.9. The monoisotopic (exact) mass is 690 g/mol. The Morgan fingerprint density at radius 2 is 1.32 bits per heavy atom. The fourth-order valence-electron chi connectivity index (χ4n) is 5.67. The van der Waals surface area contributed by atoms with Crippen LogP contribution < -0.4 is 21.7 Å². The lowest BCUT2D eigenvalue weighted by Crippen LogP contribution is -2.43. The van der Waals surface area contributed by atoms with Gasteiger partial charge < -0.3 is 21.7 Å². The van der Waals surface area contributed by atoms with Crippen molar-refractivity contribution in [3.8, 4) is 22.5 Å². The van der Waals surface area contributed by atoms with Crippen molar-refractivity contribution >= 4 is 51.9 Å². The summed E-state index contributed by atoms with van der Waals surface area (Å²) in [5.41, 5.74) is 17.0. The molecule has 4 aromatic heterocycles. The van der Waals surface area contributed by atoms with E-state index in [-0.39, 0.29) is 6.04 Å². The molecule has 0 bridgehead atoms. The fraction of sp³-hybridized carbons (Fsp3) is 0.294. The molecule has 5 N–H and O–H groups in total. The Kier molecular flexibility index (Phi) is 10.9. The van der Waals surface area contributed by atoms with Crippen LogP contribution in [-0.2, 0) is 0 Å². The quantitative estimate of drug-likeness (QED) is 0.195. The number of anilines is 1. The lowest BCUT2D eigenvalue weighted by molar-refractivity contribution is 0.459. The first kappa shape index (κ1) is 33.1. The summed E-state index contributed by atoms with van der Waals surface area (Å²) in [6.45, 7) is 4.01. The third kappa shape index (κ3) is 8.39. The summed E-state index contributed by atoms with van der Waals surface area (Å²) >= 11 is 18.0. The van der Waals surface area contributed by atoms with Crippen LogP contribution in [0.25, 0.3) is 33.8 Å². The summed E-state index contributed by atoms with van der Waals surface area (Å²) in [6.07, 6.45) is 8.22. The maximum atomic E-state index is 6.11. The molecule has 0 radical (unpaired) electrons. The molecule has 2 aromatic carbocycles. The van der Waals surface area contributed by atoms with Gasteiger partial charge in [-0.1, -0.05) is 59.1 Å². The van der Waals surface area contributed by atoms with E-state index in [0.29, 0.717) is 21.2 Å². The summed E-state index contributed by atoms with van der Waals surface area (Å²) in [7, 11) is 0. The van der Waals surface area contributed by atoms with Crippen molar-refractivity contribution in [3.05, 3.63) is 100 Å². The zero-order chi connectivity index (χ0) is 32.8. The number of imidazole rings is 2. The highest BCUT2D eigenvalue weighted by atomic mass is 35.5. The Balaban J connectivity index is 0.000000141. The molecule has 0 unspecified atom stereocenters. The second kappa shape index (κ2) is 15.4. The average Bonchev–Trinajstić information content (AvgIpc) is 3.70. The zero-order valence-electron chi connectivity index (χ0n) is 25.8. The number of aromatic nitrogens is 6. The van der Waals surface area contributed by atoms with Crippen LogP contribution >= 0.6 is 34.8 Å². The minimum absolute atomic E-state index is 0.219. The predicted octanol–water partition coefficient (Wildman–Crippen LogP) is 6.38. The van der Waals surface area contributed by atoms with Gasteiger partial charge in [-0.2, -0.15) is 5.10 Å². The number of hydrogen-bond acceptors (Lipinski definition) is 8. The smallest absolute Gasteiger partial charge is 0.154 e. The van der Waals surface area contributed by atoms with Crippen molar-refractivity contribution in [3.63, 3.8) is 0 Å². The molecule has 6 aromatic rings. The minimum atomic E-state index is 0.219. The standard InChI is InChI=1S/C17H18ClN5.C12H7Cl2N3.C5H12N2/c18-13-4-1-3-12(9-13)15-10-20-16-6-7-17(21-23(15)16)22-8-2-5-14(19)11-22;13-9-3-1-2-8(6-9)10-7-15-12-5-4-11(14)16-17(10)12;6-5-2-1-3-7-4-5/h1,3-4,6-7,9-10,14H,2,5,8,11,19H2;1-7H;5,7H,1-4,6H2/t14-;;5-/m0.0/s1. The fourth-order valence-corrected chi connectivity index (χ4v) is 6.19. The molecule has 244 valence electrons. The maximum absolute atomic E-state index is 6.11. The van der Waals surface area contributed by atoms with Gasteiger partial charge in [-0.25, -0.2) is 19.0 Å². The van der Waals surface area contributed by atoms with Gasteiger partial charge in [-0.3, -0.25) is 0 Å². The summed E-state index contributed by atoms with van der Waals surface area (Å²) in [6, 6.07) is 23.5. The summed E-state index contributed by atoms with van der Waals surface area (Å²) < 4.78 is 3.58. The Morgan fingerprint density at radius 3 is 1.87 bits per heavy atom. The van der Waals surface area contributed by atoms with Crippen LogP contribution in [0.15, 0.2) is 85.2 Å². The van der Waals surface area contributed by atoms with Crippen molar-refractivity contribution in [1.29, 1.82) is 0 Å². The van der Waals surface area contributed by atoms with Gasteiger partial charge >= 0.3 is 0 Å². The van der Waals surface area contributed by atoms with Crippen molar-refractivity contribution < 1.29 is 0 Å². The number of fused-ring (bicyclic) bond motifs is 2. The van der Waals surface area contributed by atoms with Crippen LogP contribution in [0.2, 0.25) is 15.2 Å². The Bertz CT molecular complexity index is 1930. The molecule has 10 nitrogen and oxygen atoms in total. The highest BCUT2D eigenvalue weighted by Crippen LogP contribution is 2.26. The number of nitrogens with zero attached hydrogens (tertiary/aromatic N) is 7. The summed E-state index contributed by atoms with van der Waals surface area (Å²) in [4.78, 5) is 11.0. The van der Waals surface area contributed by atoms with Gasteiger partial charge in [-0.05, 0) is 80.8 Å². The SMILES string of the molecule is Clc1cccc(-c2cnc3ccc(Cl)nn23)c1.N[C@H]1CCCN(c2ccc3ncc(-c4cccc(Cl)c4)n3n2)C1.N[C@H]1CCCNC1. The summed E-state index contributed by atoms with van der Waals surface area (Å²) in [5, 5.41) is 14.0. The first-order valence-electron chi connectivity index (χ1n) is 15.7. The van der Waals surface area contributed by atoms with Crippen LogP contribution in [0.1, 0.15) is 25.7 Å². The van der Waals surface area contributed by atoms with Crippen LogP contribution in [-0.4, -0.2) is 67.5 Å². The molecule has 2 fully saturated rings. The molecule has 2 aliphatic rings. The molecule has 6 heterocycles. The van der Waals surface area contributed by atoms with E-state index in [9.17, 15) is 0 Å². The molecular formula is C34H37Cl3N10. The van der Waals surface area contributed by atoms with Crippen LogP contribution in [0.3, 0.4) is 0 Å². The average molecular weight is 692 g/mol. The van der Waals surface area contributed by atoms with E-state index in [2.05, 4.69) is 25.3 Å². The van der Waals surface area contributed by atoms with Crippen LogP contribution in [0, 0.1) is 0 Å². The molecule has 2 atom stereocenters. The largest absolute Gasteiger partial charge is 0.354 e. The van der Waals surface area contributed by atoms with Gasteiger partial charge in [0.2, 0.25) is 0 Å². The van der Waals surface area contributed by atoms with E-state index in [0.717, 1.165) is 78.6 Å². The second-order valence-electron chi connectivity index (χ2n) is 11.6. The van der Waals surface area contributed by atoms with Crippen molar-refractivity contribution in [2.24, 2.45) is 11.5 Å². The topological polar surface area (TPSA) is 128 Å². The van der Waals surface area contributed by atoms with Crippen molar-refractivity contribution in [1.82, 2.24) is 34.5 Å². The number of rotatable bonds is 3. The lowest BCUT2D eigenvalue weighted by Gasteiger charge is -2.31. The molecule has 0 saturated carbocycles. The van der Waals surface area contributed by atoms with E-state index >= 15 is 0 Å². The first-order valence-corrected chi connectivity index (χ1v) is 16.8. The van der Waals surface area contributed by atoms with E-state index in [1.165, 1.54) is 12.8 Å². The van der Waals surface area contributed by atoms with Crippen molar-refractivity contribution in [2.75, 3.05) is 31.1 Å². The van der Waals surface area contributed by atoms with Gasteiger partial charge in [0.15, 0.2) is 11.3 Å². The van der Waals surface area contributed by atoms with Gasteiger partial charge in [0.25, 0.3) is 0 Å². The predicted molar refractivity (Wildman–Crippen MR) is 191 cm³/mol. The Hall–Kier alpha value is -3.77. The molecule has 0 aliphatic carbocycles.